The van der Waals surface area contributed by atoms with Gasteiger partial charge in [-0.25, -0.2) is 4.39 Å². The summed E-state index contributed by atoms with van der Waals surface area (Å²) in [5.74, 6) is -0.686. The third kappa shape index (κ3) is 5.99. The highest BCUT2D eigenvalue weighted by atomic mass is 35.5. The average molecular weight is 407 g/mol. The van der Waals surface area contributed by atoms with E-state index in [2.05, 4.69) is 10.9 Å². The van der Waals surface area contributed by atoms with Crippen LogP contribution >= 0.6 is 11.6 Å². The Hall–Kier alpha value is -3.06. The van der Waals surface area contributed by atoms with E-state index in [-0.39, 0.29) is 5.56 Å². The number of hydrogen-bond acceptors (Lipinski definition) is 4. The van der Waals surface area contributed by atoms with Crippen LogP contribution in [0, 0.1) is 5.82 Å². The number of benzene rings is 2. The number of nitrogens with one attached hydrogen (secondary N) is 2. The van der Waals surface area contributed by atoms with Gasteiger partial charge in [0.25, 0.3) is 11.8 Å². The summed E-state index contributed by atoms with van der Waals surface area (Å²) in [6.45, 7) is 2.48. The van der Waals surface area contributed by atoms with Crippen molar-refractivity contribution in [1.82, 2.24) is 10.9 Å². The van der Waals surface area contributed by atoms with Crippen molar-refractivity contribution in [3.05, 3.63) is 64.4 Å². The van der Waals surface area contributed by atoms with Gasteiger partial charge in [0, 0.05) is 11.6 Å². The smallest absolute Gasteiger partial charge is 0.269 e. The minimum absolute atomic E-state index is 0.213. The number of rotatable bonds is 7. The van der Waals surface area contributed by atoms with Gasteiger partial charge in [0.15, 0.2) is 11.5 Å². The number of hydrogen-bond donors (Lipinski definition) is 2. The molecule has 0 aromatic heterocycles. The Kier molecular flexibility index (Phi) is 7.83. The van der Waals surface area contributed by atoms with Crippen LogP contribution in [0.5, 0.6) is 11.5 Å². The molecule has 0 aliphatic heterocycles. The first-order valence-corrected chi connectivity index (χ1v) is 8.86. The molecule has 2 aromatic rings. The number of carbonyl (C=O) groups excluding carboxylic acids is 2. The summed E-state index contributed by atoms with van der Waals surface area (Å²) in [5.41, 5.74) is 5.31. The monoisotopic (exact) mass is 406 g/mol. The van der Waals surface area contributed by atoms with Crippen LogP contribution in [0.25, 0.3) is 6.08 Å². The molecule has 0 saturated heterocycles. The zero-order valence-electron chi connectivity index (χ0n) is 15.4. The van der Waals surface area contributed by atoms with Crippen LogP contribution in [-0.4, -0.2) is 25.5 Å². The summed E-state index contributed by atoms with van der Waals surface area (Å²) >= 11 is 6.22. The van der Waals surface area contributed by atoms with E-state index >= 15 is 0 Å². The molecule has 2 amide bonds. The summed E-state index contributed by atoms with van der Waals surface area (Å²) in [5, 5.41) is 0.359. The van der Waals surface area contributed by atoms with Gasteiger partial charge in [-0.2, -0.15) is 0 Å². The Morgan fingerprint density at radius 3 is 2.54 bits per heavy atom. The van der Waals surface area contributed by atoms with E-state index in [0.29, 0.717) is 28.7 Å². The molecule has 2 N–H and O–H groups in total. The van der Waals surface area contributed by atoms with Gasteiger partial charge in [0.2, 0.25) is 0 Å². The van der Waals surface area contributed by atoms with Crippen molar-refractivity contribution >= 4 is 29.5 Å². The fourth-order valence-corrected chi connectivity index (χ4v) is 2.46. The molecule has 0 spiro atoms. The molecule has 0 fully saturated rings. The van der Waals surface area contributed by atoms with Crippen molar-refractivity contribution in [3.63, 3.8) is 0 Å². The van der Waals surface area contributed by atoms with E-state index < -0.39 is 17.6 Å². The highest BCUT2D eigenvalue weighted by molar-refractivity contribution is 6.32. The summed E-state index contributed by atoms with van der Waals surface area (Å²) in [4.78, 5) is 23.8. The number of hydrazine groups is 1. The molecule has 0 heterocycles. The molecule has 0 saturated carbocycles. The lowest BCUT2D eigenvalue weighted by atomic mass is 10.2. The van der Waals surface area contributed by atoms with Gasteiger partial charge in [0.05, 0.1) is 18.7 Å². The number of amides is 2. The first kappa shape index (κ1) is 21.2. The SMILES string of the molecule is CCCOc1c(Cl)cc(/C=C/C(=O)NNC(=O)c2ccc(F)cc2)cc1OC. The second-order valence-electron chi connectivity index (χ2n) is 5.67. The van der Waals surface area contributed by atoms with Gasteiger partial charge >= 0.3 is 0 Å². The Morgan fingerprint density at radius 1 is 1.18 bits per heavy atom. The normalized spacial score (nSPS) is 10.6. The van der Waals surface area contributed by atoms with Crippen LogP contribution in [0.4, 0.5) is 4.39 Å². The van der Waals surface area contributed by atoms with Crippen LogP contribution in [-0.2, 0) is 4.79 Å². The van der Waals surface area contributed by atoms with Crippen LogP contribution in [0.3, 0.4) is 0 Å². The lowest BCUT2D eigenvalue weighted by molar-refractivity contribution is -0.117. The molecule has 6 nitrogen and oxygen atoms in total. The standard InChI is InChI=1S/C20H20ClFN2O4/c1-3-10-28-19-16(21)11-13(12-17(19)27-2)4-9-18(25)23-24-20(26)14-5-7-15(22)8-6-14/h4-9,11-12H,3,10H2,1-2H3,(H,23,25)(H,24,26)/b9-4+. The van der Waals surface area contributed by atoms with E-state index in [1.165, 1.54) is 31.4 Å². The molecule has 0 aliphatic rings. The Labute approximate surface area is 167 Å². The molecular formula is C20H20ClFN2O4. The lowest BCUT2D eigenvalue weighted by Gasteiger charge is -2.12. The highest BCUT2D eigenvalue weighted by Gasteiger charge is 2.11. The van der Waals surface area contributed by atoms with Crippen molar-refractivity contribution in [1.29, 1.82) is 0 Å². The van der Waals surface area contributed by atoms with Crippen molar-refractivity contribution in [2.45, 2.75) is 13.3 Å². The largest absolute Gasteiger partial charge is 0.493 e. The van der Waals surface area contributed by atoms with Crippen molar-refractivity contribution in [2.24, 2.45) is 0 Å². The molecule has 8 heteroatoms. The maximum absolute atomic E-state index is 12.9. The predicted molar refractivity (Wildman–Crippen MR) is 105 cm³/mol. The quantitative estimate of drug-likeness (QED) is 0.542. The minimum atomic E-state index is -0.566. The molecule has 0 aliphatic carbocycles. The van der Waals surface area contributed by atoms with Gasteiger partial charge in [-0.15, -0.1) is 0 Å². The number of methoxy groups -OCH3 is 1. The lowest BCUT2D eigenvalue weighted by Crippen LogP contribution is -2.40. The Bertz CT molecular complexity index is 869. The molecule has 28 heavy (non-hydrogen) atoms. The zero-order chi connectivity index (χ0) is 20.5. The first-order valence-electron chi connectivity index (χ1n) is 8.49. The van der Waals surface area contributed by atoms with Crippen LogP contribution in [0.1, 0.15) is 29.3 Å². The van der Waals surface area contributed by atoms with Gasteiger partial charge in [0.1, 0.15) is 5.82 Å². The molecule has 0 radical (unpaired) electrons. The molecule has 0 atom stereocenters. The third-order valence-electron chi connectivity index (χ3n) is 3.54. The van der Waals surface area contributed by atoms with Crippen molar-refractivity contribution < 1.29 is 23.5 Å². The number of halogens is 2. The van der Waals surface area contributed by atoms with E-state index in [0.717, 1.165) is 18.6 Å². The fourth-order valence-electron chi connectivity index (χ4n) is 2.19. The van der Waals surface area contributed by atoms with E-state index in [1.807, 2.05) is 6.92 Å². The Balaban J connectivity index is 1.98. The maximum Gasteiger partial charge on any atom is 0.269 e. The minimum Gasteiger partial charge on any atom is -0.493 e. The third-order valence-corrected chi connectivity index (χ3v) is 3.82. The van der Waals surface area contributed by atoms with Gasteiger partial charge < -0.3 is 9.47 Å². The molecule has 0 unspecified atom stereocenters. The molecular weight excluding hydrogens is 387 g/mol. The van der Waals surface area contributed by atoms with Gasteiger partial charge in [-0.05, 0) is 54.5 Å². The van der Waals surface area contributed by atoms with Crippen LogP contribution < -0.4 is 20.3 Å². The van der Waals surface area contributed by atoms with Gasteiger partial charge in [-0.3, -0.25) is 20.4 Å². The van der Waals surface area contributed by atoms with E-state index in [9.17, 15) is 14.0 Å². The van der Waals surface area contributed by atoms with Crippen molar-refractivity contribution in [3.8, 4) is 11.5 Å². The highest BCUT2D eigenvalue weighted by Crippen LogP contribution is 2.36. The molecule has 0 bridgehead atoms. The first-order chi connectivity index (χ1) is 13.4. The number of carbonyl (C=O) groups is 2. The van der Waals surface area contributed by atoms with E-state index in [4.69, 9.17) is 21.1 Å². The molecule has 148 valence electrons. The van der Waals surface area contributed by atoms with Crippen molar-refractivity contribution in [2.75, 3.05) is 13.7 Å². The predicted octanol–water partition coefficient (Wildman–Crippen LogP) is 3.75. The second-order valence-corrected chi connectivity index (χ2v) is 6.07. The second kappa shape index (κ2) is 10.3. The van der Waals surface area contributed by atoms with Gasteiger partial charge in [-0.1, -0.05) is 18.5 Å². The van der Waals surface area contributed by atoms with Crippen LogP contribution in [0.15, 0.2) is 42.5 Å². The average Bonchev–Trinajstić information content (AvgIpc) is 2.69. The van der Waals surface area contributed by atoms with E-state index in [1.54, 1.807) is 12.1 Å². The van der Waals surface area contributed by atoms with Crippen LogP contribution in [0.2, 0.25) is 5.02 Å². The maximum atomic E-state index is 12.9. The summed E-state index contributed by atoms with van der Waals surface area (Å²) < 4.78 is 23.7. The molecule has 2 aromatic carbocycles. The summed E-state index contributed by atoms with van der Waals surface area (Å²) in [6, 6.07) is 8.24. The summed E-state index contributed by atoms with van der Waals surface area (Å²) in [6.07, 6.45) is 3.56. The zero-order valence-corrected chi connectivity index (χ0v) is 16.2. The topological polar surface area (TPSA) is 76.7 Å². The number of ether oxygens (including phenoxy) is 2. The fraction of sp³-hybridized carbons (Fsp3) is 0.200. The Morgan fingerprint density at radius 2 is 1.89 bits per heavy atom. The summed E-state index contributed by atoms with van der Waals surface area (Å²) in [7, 11) is 1.50. The molecule has 2 rings (SSSR count).